The van der Waals surface area contributed by atoms with Crippen LogP contribution < -0.4 is 5.32 Å². The fourth-order valence-corrected chi connectivity index (χ4v) is 4.46. The van der Waals surface area contributed by atoms with Crippen LogP contribution in [0.4, 0.5) is 5.69 Å². The van der Waals surface area contributed by atoms with E-state index in [1.165, 1.54) is 0 Å². The largest absolute Gasteiger partial charge is 0.448 e. The Kier molecular flexibility index (Phi) is 4.33. The maximum atomic E-state index is 12.9. The lowest BCUT2D eigenvalue weighted by molar-refractivity contribution is -0.125. The third-order valence-electron chi connectivity index (χ3n) is 4.89. The van der Waals surface area contributed by atoms with Crippen molar-refractivity contribution in [2.24, 2.45) is 0 Å². The van der Waals surface area contributed by atoms with Crippen molar-refractivity contribution in [2.45, 2.75) is 12.5 Å². The summed E-state index contributed by atoms with van der Waals surface area (Å²) >= 11 is 1.57. The van der Waals surface area contributed by atoms with Crippen LogP contribution in [0, 0.1) is 0 Å². The maximum absolute atomic E-state index is 12.9. The Morgan fingerprint density at radius 3 is 2.55 bits per heavy atom. The van der Waals surface area contributed by atoms with Gasteiger partial charge in [0.1, 0.15) is 5.01 Å². The molecule has 0 fully saturated rings. The smallest absolute Gasteiger partial charge is 0.339 e. The van der Waals surface area contributed by atoms with Gasteiger partial charge in [-0.1, -0.05) is 42.5 Å². The molecular weight excluding hydrogens is 384 g/mol. The second-order valence-electron chi connectivity index (χ2n) is 6.78. The van der Waals surface area contributed by atoms with E-state index in [1.54, 1.807) is 23.5 Å². The Balaban J connectivity index is 1.43. The zero-order chi connectivity index (χ0) is 19.8. The van der Waals surface area contributed by atoms with Gasteiger partial charge in [0.05, 0.1) is 21.5 Å². The molecule has 0 radical (unpaired) electrons. The quantitative estimate of drug-likeness (QED) is 0.507. The molecule has 2 heterocycles. The van der Waals surface area contributed by atoms with E-state index in [0.717, 1.165) is 26.4 Å². The van der Waals surface area contributed by atoms with Crippen LogP contribution in [0.2, 0.25) is 0 Å². The van der Waals surface area contributed by atoms with E-state index in [0.29, 0.717) is 17.7 Å². The highest BCUT2D eigenvalue weighted by molar-refractivity contribution is 7.21. The van der Waals surface area contributed by atoms with E-state index in [1.807, 2.05) is 60.7 Å². The number of benzene rings is 3. The molecule has 0 saturated carbocycles. The van der Waals surface area contributed by atoms with Crippen LogP contribution >= 0.6 is 11.3 Å². The van der Waals surface area contributed by atoms with E-state index in [-0.39, 0.29) is 5.91 Å². The van der Waals surface area contributed by atoms with Gasteiger partial charge in [-0.05, 0) is 35.9 Å². The molecule has 1 amide bonds. The number of para-hydroxylation sites is 2. The van der Waals surface area contributed by atoms with Crippen molar-refractivity contribution in [2.75, 3.05) is 5.32 Å². The first-order valence-corrected chi connectivity index (χ1v) is 10.1. The number of anilines is 1. The fourth-order valence-electron chi connectivity index (χ4n) is 3.46. The van der Waals surface area contributed by atoms with Crippen LogP contribution in [-0.2, 0) is 16.0 Å². The number of cyclic esters (lactones) is 1. The van der Waals surface area contributed by atoms with Gasteiger partial charge in [0, 0.05) is 12.0 Å². The van der Waals surface area contributed by atoms with Crippen LogP contribution in [-0.4, -0.2) is 23.0 Å². The molecule has 0 unspecified atom stereocenters. The second-order valence-corrected chi connectivity index (χ2v) is 7.81. The summed E-state index contributed by atoms with van der Waals surface area (Å²) in [4.78, 5) is 29.8. The zero-order valence-electron chi connectivity index (χ0n) is 15.3. The number of nitrogens with zero attached hydrogens (tertiary/aromatic N) is 1. The first-order chi connectivity index (χ1) is 14.2. The fraction of sp³-hybridized carbons (Fsp3) is 0.0870. The highest BCUT2D eigenvalue weighted by Crippen LogP contribution is 2.34. The number of fused-ring (bicyclic) bond motifs is 2. The number of hydrogen-bond acceptors (Lipinski definition) is 5. The molecule has 5 nitrogen and oxygen atoms in total. The molecule has 0 aliphatic carbocycles. The van der Waals surface area contributed by atoms with Gasteiger partial charge in [-0.3, -0.25) is 4.79 Å². The van der Waals surface area contributed by atoms with Crippen molar-refractivity contribution < 1.29 is 14.3 Å². The van der Waals surface area contributed by atoms with Gasteiger partial charge in [-0.2, -0.15) is 0 Å². The van der Waals surface area contributed by atoms with Gasteiger partial charge in [0.15, 0.2) is 6.10 Å². The number of thiazole rings is 1. The normalized spacial score (nSPS) is 15.6. The average molecular weight is 400 g/mol. The topological polar surface area (TPSA) is 68.3 Å². The van der Waals surface area contributed by atoms with Crippen molar-refractivity contribution >= 4 is 39.1 Å². The van der Waals surface area contributed by atoms with Crippen LogP contribution in [0.25, 0.3) is 20.8 Å². The van der Waals surface area contributed by atoms with E-state index in [2.05, 4.69) is 10.3 Å². The van der Waals surface area contributed by atoms with Gasteiger partial charge < -0.3 is 10.1 Å². The number of rotatable bonds is 3. The molecule has 1 atom stereocenters. The summed E-state index contributed by atoms with van der Waals surface area (Å²) in [7, 11) is 0. The second kappa shape index (κ2) is 7.14. The lowest BCUT2D eigenvalue weighted by Crippen LogP contribution is -2.38. The Hall–Kier alpha value is -3.51. The average Bonchev–Trinajstić information content (AvgIpc) is 3.18. The zero-order valence-corrected chi connectivity index (χ0v) is 16.1. The van der Waals surface area contributed by atoms with E-state index in [9.17, 15) is 9.59 Å². The summed E-state index contributed by atoms with van der Waals surface area (Å²) in [5, 5.41) is 3.75. The summed E-state index contributed by atoms with van der Waals surface area (Å²) in [6.07, 6.45) is -0.502. The van der Waals surface area contributed by atoms with Gasteiger partial charge in [0.2, 0.25) is 0 Å². The van der Waals surface area contributed by atoms with Gasteiger partial charge in [0.25, 0.3) is 5.91 Å². The number of nitrogens with one attached hydrogen (secondary N) is 1. The lowest BCUT2D eigenvalue weighted by Gasteiger charge is -2.24. The van der Waals surface area contributed by atoms with Crippen molar-refractivity contribution in [3.63, 3.8) is 0 Å². The standard InChI is InChI=1S/C23H16N2O3S/c26-21(19-13-14-7-1-2-8-15(14)23(27)28-19)24-17-10-4-3-9-16(17)22-25-18-11-5-6-12-20(18)29-22/h1-12,19H,13H2,(H,24,26)/t19-/m0/s1. The number of hydrogen-bond donors (Lipinski definition) is 1. The summed E-state index contributed by atoms with van der Waals surface area (Å²) in [6, 6.07) is 22.7. The predicted molar refractivity (Wildman–Crippen MR) is 113 cm³/mol. The molecule has 142 valence electrons. The minimum atomic E-state index is -0.860. The Morgan fingerprint density at radius 1 is 0.966 bits per heavy atom. The highest BCUT2D eigenvalue weighted by Gasteiger charge is 2.31. The van der Waals surface area contributed by atoms with Crippen LogP contribution in [0.1, 0.15) is 15.9 Å². The van der Waals surface area contributed by atoms with Crippen LogP contribution in [0.3, 0.4) is 0 Å². The molecule has 3 aromatic carbocycles. The first kappa shape index (κ1) is 17.6. The number of amides is 1. The van der Waals surface area contributed by atoms with E-state index < -0.39 is 12.1 Å². The Labute approximate surface area is 171 Å². The lowest BCUT2D eigenvalue weighted by atomic mass is 9.98. The molecule has 4 aromatic rings. The van der Waals surface area contributed by atoms with Crippen molar-refractivity contribution in [3.8, 4) is 10.6 Å². The minimum Gasteiger partial charge on any atom is -0.448 e. The minimum absolute atomic E-state index is 0.346. The highest BCUT2D eigenvalue weighted by atomic mass is 32.1. The van der Waals surface area contributed by atoms with Gasteiger partial charge in [-0.25, -0.2) is 9.78 Å². The molecule has 0 bridgehead atoms. The maximum Gasteiger partial charge on any atom is 0.339 e. The molecule has 1 N–H and O–H groups in total. The number of ether oxygens (including phenoxy) is 1. The summed E-state index contributed by atoms with van der Waals surface area (Å²) < 4.78 is 6.46. The van der Waals surface area contributed by atoms with E-state index in [4.69, 9.17) is 4.74 Å². The van der Waals surface area contributed by atoms with E-state index >= 15 is 0 Å². The van der Waals surface area contributed by atoms with Crippen molar-refractivity contribution in [3.05, 3.63) is 83.9 Å². The molecule has 1 aromatic heterocycles. The molecule has 0 spiro atoms. The Bertz CT molecular complexity index is 1210. The summed E-state index contributed by atoms with van der Waals surface area (Å²) in [6.45, 7) is 0. The van der Waals surface area contributed by atoms with Crippen molar-refractivity contribution in [1.29, 1.82) is 0 Å². The third kappa shape index (κ3) is 3.28. The summed E-state index contributed by atoms with van der Waals surface area (Å²) in [5.41, 5.74) is 3.75. The SMILES string of the molecule is O=C1O[C@H](C(=O)Nc2ccccc2-c2nc3ccccc3s2)Cc2ccccc21. The summed E-state index contributed by atoms with van der Waals surface area (Å²) in [5.74, 6) is -0.812. The molecule has 6 heteroatoms. The molecule has 1 aliphatic heterocycles. The predicted octanol–water partition coefficient (Wildman–Crippen LogP) is 4.68. The van der Waals surface area contributed by atoms with Gasteiger partial charge >= 0.3 is 5.97 Å². The number of esters is 1. The number of carbonyl (C=O) groups is 2. The molecular formula is C23H16N2O3S. The molecule has 29 heavy (non-hydrogen) atoms. The number of aromatic nitrogens is 1. The van der Waals surface area contributed by atoms with Gasteiger partial charge in [-0.15, -0.1) is 11.3 Å². The molecule has 5 rings (SSSR count). The van der Waals surface area contributed by atoms with Crippen LogP contribution in [0.5, 0.6) is 0 Å². The van der Waals surface area contributed by atoms with Crippen LogP contribution in [0.15, 0.2) is 72.8 Å². The third-order valence-corrected chi connectivity index (χ3v) is 5.96. The van der Waals surface area contributed by atoms with Crippen molar-refractivity contribution in [1.82, 2.24) is 4.98 Å². The Morgan fingerprint density at radius 2 is 1.69 bits per heavy atom. The molecule has 1 aliphatic rings. The molecule has 0 saturated heterocycles. The number of carbonyl (C=O) groups excluding carboxylic acids is 2. The monoisotopic (exact) mass is 400 g/mol. The first-order valence-electron chi connectivity index (χ1n) is 9.24.